The number of amides is 2. The molecule has 1 unspecified atom stereocenters. The largest absolute Gasteiger partial charge is 0.480 e. The maximum absolute atomic E-state index is 12.8. The first-order chi connectivity index (χ1) is 16.7. The summed E-state index contributed by atoms with van der Waals surface area (Å²) in [6, 6.07) is 16.2. The molecule has 3 rings (SSSR count). The van der Waals surface area contributed by atoms with E-state index in [1.165, 1.54) is 18.7 Å². The van der Waals surface area contributed by atoms with E-state index in [-0.39, 0.29) is 37.9 Å². The summed E-state index contributed by atoms with van der Waals surface area (Å²) < 4.78 is 11.2. The molecule has 0 spiro atoms. The van der Waals surface area contributed by atoms with Crippen molar-refractivity contribution in [2.45, 2.75) is 51.7 Å². The van der Waals surface area contributed by atoms with Gasteiger partial charge in [0.2, 0.25) is 5.91 Å². The van der Waals surface area contributed by atoms with Crippen molar-refractivity contribution in [2.75, 3.05) is 26.3 Å². The number of hydrogen-bond donors (Lipinski definition) is 2. The van der Waals surface area contributed by atoms with Crippen LogP contribution in [0.1, 0.15) is 51.2 Å². The fraction of sp³-hybridized carbons (Fsp3) is 0.444. The lowest BCUT2D eigenvalue weighted by Gasteiger charge is -2.35. The van der Waals surface area contributed by atoms with E-state index in [0.717, 1.165) is 22.3 Å². The van der Waals surface area contributed by atoms with Crippen LogP contribution < -0.4 is 5.32 Å². The molecule has 2 aromatic rings. The van der Waals surface area contributed by atoms with Crippen molar-refractivity contribution in [1.29, 1.82) is 0 Å². The number of ether oxygens (including phenoxy) is 2. The minimum absolute atomic E-state index is 0.0474. The van der Waals surface area contributed by atoms with Crippen molar-refractivity contribution in [3.8, 4) is 11.1 Å². The predicted molar refractivity (Wildman–Crippen MR) is 132 cm³/mol. The molecule has 0 aromatic heterocycles. The average molecular weight is 483 g/mol. The highest BCUT2D eigenvalue weighted by molar-refractivity contribution is 5.86. The van der Waals surface area contributed by atoms with Gasteiger partial charge in [-0.3, -0.25) is 4.79 Å². The number of benzene rings is 2. The smallest absolute Gasteiger partial charge is 0.407 e. The summed E-state index contributed by atoms with van der Waals surface area (Å²) in [7, 11) is 0. The van der Waals surface area contributed by atoms with E-state index in [0.29, 0.717) is 6.61 Å². The third kappa shape index (κ3) is 5.82. The molecule has 1 aliphatic rings. The number of hydrogen-bond acceptors (Lipinski definition) is 5. The number of carbonyl (C=O) groups excluding carboxylic acids is 2. The maximum atomic E-state index is 12.8. The number of rotatable bonds is 11. The van der Waals surface area contributed by atoms with Crippen LogP contribution in [0, 0.1) is 0 Å². The number of alkyl carbamates (subject to hydrolysis) is 1. The van der Waals surface area contributed by atoms with E-state index in [1.54, 1.807) is 13.8 Å². The van der Waals surface area contributed by atoms with Crippen LogP contribution in [0.2, 0.25) is 0 Å². The van der Waals surface area contributed by atoms with Crippen LogP contribution in [0.25, 0.3) is 11.1 Å². The van der Waals surface area contributed by atoms with Gasteiger partial charge in [0.1, 0.15) is 12.1 Å². The van der Waals surface area contributed by atoms with Crippen molar-refractivity contribution in [3.05, 3.63) is 59.7 Å². The van der Waals surface area contributed by atoms with Gasteiger partial charge in [-0.25, -0.2) is 9.59 Å². The van der Waals surface area contributed by atoms with Crippen LogP contribution in [0.5, 0.6) is 0 Å². The van der Waals surface area contributed by atoms with Crippen LogP contribution in [0.4, 0.5) is 4.79 Å². The van der Waals surface area contributed by atoms with E-state index in [1.807, 2.05) is 24.3 Å². The first-order valence-corrected chi connectivity index (χ1v) is 11.9. The standard InChI is InChI=1S/C27H34N2O6/c1-5-29(27(3,4)25(31)32)24(30)15-18(34-6-2)16-28-26(33)35-17-23-21-13-9-7-11-19(21)20-12-8-10-14-22(20)23/h7-14,18,23H,5-6,15-17H2,1-4H3,(H,28,33)(H,31,32). The Hall–Kier alpha value is -3.39. The van der Waals surface area contributed by atoms with Crippen molar-refractivity contribution < 1.29 is 29.0 Å². The molecule has 0 saturated carbocycles. The van der Waals surface area contributed by atoms with E-state index >= 15 is 0 Å². The van der Waals surface area contributed by atoms with Crippen molar-refractivity contribution in [3.63, 3.8) is 0 Å². The lowest BCUT2D eigenvalue weighted by molar-refractivity contribution is -0.157. The van der Waals surface area contributed by atoms with Gasteiger partial charge in [-0.05, 0) is 49.9 Å². The molecule has 1 aliphatic carbocycles. The fourth-order valence-electron chi connectivity index (χ4n) is 4.58. The molecule has 2 N–H and O–H groups in total. The quantitative estimate of drug-likeness (QED) is 0.501. The first kappa shape index (κ1) is 26.2. The zero-order valence-corrected chi connectivity index (χ0v) is 20.7. The van der Waals surface area contributed by atoms with Crippen molar-refractivity contribution >= 4 is 18.0 Å². The predicted octanol–water partition coefficient (Wildman–Crippen LogP) is 4.03. The number of aliphatic carboxylic acids is 1. The Balaban J connectivity index is 1.58. The van der Waals surface area contributed by atoms with Crippen LogP contribution in [0.3, 0.4) is 0 Å². The molecule has 188 valence electrons. The van der Waals surface area contributed by atoms with Gasteiger partial charge in [-0.2, -0.15) is 0 Å². The monoisotopic (exact) mass is 482 g/mol. The lowest BCUT2D eigenvalue weighted by atomic mass is 9.98. The number of carboxylic acid groups (broad SMARTS) is 1. The molecule has 0 aliphatic heterocycles. The minimum Gasteiger partial charge on any atom is -0.480 e. The molecule has 0 fully saturated rings. The molecule has 0 radical (unpaired) electrons. The molecule has 0 saturated heterocycles. The molecule has 8 heteroatoms. The average Bonchev–Trinajstić information content (AvgIpc) is 3.15. The first-order valence-electron chi connectivity index (χ1n) is 11.9. The summed E-state index contributed by atoms with van der Waals surface area (Å²) in [5.41, 5.74) is 3.21. The molecule has 2 amide bonds. The minimum atomic E-state index is -1.34. The van der Waals surface area contributed by atoms with Crippen LogP contribution in [-0.2, 0) is 19.1 Å². The number of carbonyl (C=O) groups is 3. The SMILES string of the molecule is CCOC(CNC(=O)OCC1c2ccccc2-c2ccccc21)CC(=O)N(CC)C(C)(C)C(=O)O. The van der Waals surface area contributed by atoms with Gasteiger partial charge in [-0.15, -0.1) is 0 Å². The Bertz CT molecular complexity index is 1020. The third-order valence-corrected chi connectivity index (χ3v) is 6.44. The number of fused-ring (bicyclic) bond motifs is 3. The molecular formula is C27H34N2O6. The van der Waals surface area contributed by atoms with Gasteiger partial charge >= 0.3 is 12.1 Å². The van der Waals surface area contributed by atoms with Crippen molar-refractivity contribution in [2.24, 2.45) is 0 Å². The molecule has 1 atom stereocenters. The Kier molecular flexibility index (Phi) is 8.51. The molecule has 0 heterocycles. The lowest BCUT2D eigenvalue weighted by Crippen LogP contribution is -2.54. The molecule has 2 aromatic carbocycles. The number of nitrogens with zero attached hydrogens (tertiary/aromatic N) is 1. The Morgan fingerprint density at radius 1 is 1.03 bits per heavy atom. The Morgan fingerprint density at radius 3 is 2.11 bits per heavy atom. The topological polar surface area (TPSA) is 105 Å². The van der Waals surface area contributed by atoms with Gasteiger partial charge in [0.25, 0.3) is 0 Å². The molecule has 0 bridgehead atoms. The zero-order valence-electron chi connectivity index (χ0n) is 20.7. The number of nitrogens with one attached hydrogen (secondary N) is 1. The van der Waals surface area contributed by atoms with E-state index < -0.39 is 23.7 Å². The highest BCUT2D eigenvalue weighted by atomic mass is 16.5. The van der Waals surface area contributed by atoms with E-state index in [4.69, 9.17) is 9.47 Å². The summed E-state index contributed by atoms with van der Waals surface area (Å²) in [4.78, 5) is 38.2. The summed E-state index contributed by atoms with van der Waals surface area (Å²) in [6.07, 6.45) is -1.25. The van der Waals surface area contributed by atoms with Crippen molar-refractivity contribution in [1.82, 2.24) is 10.2 Å². The summed E-state index contributed by atoms with van der Waals surface area (Å²) in [6.45, 7) is 7.35. The number of likely N-dealkylation sites (N-methyl/N-ethyl adjacent to an activating group) is 1. The normalized spacial score (nSPS) is 13.5. The fourth-order valence-corrected chi connectivity index (χ4v) is 4.58. The van der Waals surface area contributed by atoms with Gasteiger partial charge in [0.15, 0.2) is 0 Å². The molecule has 8 nitrogen and oxygen atoms in total. The second-order valence-electron chi connectivity index (χ2n) is 8.99. The van der Waals surface area contributed by atoms with Gasteiger partial charge < -0.3 is 24.8 Å². The van der Waals surface area contributed by atoms with Gasteiger partial charge in [0, 0.05) is 25.6 Å². The van der Waals surface area contributed by atoms with Crippen LogP contribution in [0.15, 0.2) is 48.5 Å². The summed E-state index contributed by atoms with van der Waals surface area (Å²) in [5, 5.41) is 12.2. The Morgan fingerprint density at radius 2 is 1.60 bits per heavy atom. The highest BCUT2D eigenvalue weighted by Gasteiger charge is 2.37. The van der Waals surface area contributed by atoms with E-state index in [2.05, 4.69) is 29.6 Å². The maximum Gasteiger partial charge on any atom is 0.407 e. The third-order valence-electron chi connectivity index (χ3n) is 6.44. The van der Waals surface area contributed by atoms with Gasteiger partial charge in [-0.1, -0.05) is 48.5 Å². The second-order valence-corrected chi connectivity index (χ2v) is 8.99. The second kappa shape index (κ2) is 11.4. The van der Waals surface area contributed by atoms with Crippen LogP contribution >= 0.6 is 0 Å². The highest BCUT2D eigenvalue weighted by Crippen LogP contribution is 2.44. The number of carboxylic acids is 1. The van der Waals surface area contributed by atoms with Crippen LogP contribution in [-0.4, -0.2) is 65.9 Å². The zero-order chi connectivity index (χ0) is 25.6. The molecular weight excluding hydrogens is 448 g/mol. The summed E-state index contributed by atoms with van der Waals surface area (Å²) >= 11 is 0. The Labute approximate surface area is 206 Å². The van der Waals surface area contributed by atoms with Gasteiger partial charge in [0.05, 0.1) is 12.5 Å². The summed E-state index contributed by atoms with van der Waals surface area (Å²) in [5.74, 6) is -1.49. The molecule has 35 heavy (non-hydrogen) atoms. The van der Waals surface area contributed by atoms with E-state index in [9.17, 15) is 19.5 Å².